The van der Waals surface area contributed by atoms with Crippen LogP contribution in [0.2, 0.25) is 0 Å². The highest BCUT2D eigenvalue weighted by Gasteiger charge is 2.18. The van der Waals surface area contributed by atoms with Crippen molar-refractivity contribution in [2.24, 2.45) is 7.05 Å². The Labute approximate surface area is 217 Å². The predicted molar refractivity (Wildman–Crippen MR) is 143 cm³/mol. The first kappa shape index (κ1) is 23.7. The van der Waals surface area contributed by atoms with Crippen LogP contribution in [0.15, 0.2) is 48.9 Å². The van der Waals surface area contributed by atoms with Gasteiger partial charge in [-0.1, -0.05) is 0 Å². The summed E-state index contributed by atoms with van der Waals surface area (Å²) in [5.41, 5.74) is 5.67. The number of pyridine rings is 2. The van der Waals surface area contributed by atoms with Gasteiger partial charge in [0.05, 0.1) is 29.3 Å². The summed E-state index contributed by atoms with van der Waals surface area (Å²) in [6, 6.07) is 8.47. The van der Waals surface area contributed by atoms with Gasteiger partial charge in [-0.15, -0.1) is 0 Å². The number of aromatic nitrogens is 8. The van der Waals surface area contributed by atoms with E-state index in [2.05, 4.69) is 30.1 Å². The molecular formula is C27H26FN9O. The molecule has 0 saturated heterocycles. The Balaban J connectivity index is 1.41. The third-order valence-electron chi connectivity index (χ3n) is 6.53. The van der Waals surface area contributed by atoms with Gasteiger partial charge in [-0.25, -0.2) is 19.3 Å². The van der Waals surface area contributed by atoms with Crippen LogP contribution in [0.4, 0.5) is 4.39 Å². The van der Waals surface area contributed by atoms with Crippen molar-refractivity contribution in [1.82, 2.24) is 44.6 Å². The van der Waals surface area contributed by atoms with Crippen LogP contribution >= 0.6 is 0 Å². The van der Waals surface area contributed by atoms with Crippen LogP contribution < -0.4 is 4.74 Å². The quantitative estimate of drug-likeness (QED) is 0.328. The summed E-state index contributed by atoms with van der Waals surface area (Å²) in [7, 11) is 5.88. The number of nitrogens with zero attached hydrogens (tertiary/aromatic N) is 7. The number of benzene rings is 1. The third-order valence-corrected chi connectivity index (χ3v) is 6.53. The Morgan fingerprint density at radius 3 is 2.74 bits per heavy atom. The minimum atomic E-state index is -0.383. The molecule has 0 fully saturated rings. The van der Waals surface area contributed by atoms with Crippen molar-refractivity contribution < 1.29 is 9.13 Å². The average molecular weight is 512 g/mol. The Morgan fingerprint density at radius 2 is 1.95 bits per heavy atom. The van der Waals surface area contributed by atoms with Crippen molar-refractivity contribution in [3.63, 3.8) is 0 Å². The fourth-order valence-electron chi connectivity index (χ4n) is 4.38. The summed E-state index contributed by atoms with van der Waals surface area (Å²) in [4.78, 5) is 23.5. The fraction of sp³-hybridized carbons (Fsp3) is 0.222. The van der Waals surface area contributed by atoms with E-state index in [1.165, 1.54) is 12.1 Å². The Hall–Kier alpha value is -4.64. The number of ether oxygens (including phenoxy) is 1. The maximum atomic E-state index is 14.5. The molecule has 38 heavy (non-hydrogen) atoms. The molecule has 0 spiro atoms. The first-order valence-corrected chi connectivity index (χ1v) is 12.1. The molecule has 0 aliphatic carbocycles. The van der Waals surface area contributed by atoms with Crippen LogP contribution in [0, 0.1) is 12.7 Å². The number of aromatic amines is 2. The van der Waals surface area contributed by atoms with E-state index in [0.717, 1.165) is 40.2 Å². The average Bonchev–Trinajstić information content (AvgIpc) is 3.59. The van der Waals surface area contributed by atoms with E-state index in [4.69, 9.17) is 9.72 Å². The number of fused-ring (bicyclic) bond motifs is 2. The van der Waals surface area contributed by atoms with Crippen LogP contribution in [0.3, 0.4) is 0 Å². The standard InChI is InChI=1S/C27H26FN9O/c1-15-30-14-23(37(15)4)21-12-20-22(13-31-21)34-35-25(20)27-32-24-19(5-6-29-26(24)33-27)16-9-17(28)11-18(10-16)38-8-7-36(2)3/h5-6,9-14H,7-8H2,1-4H3,(H,34,35)(H,29,32,33). The van der Waals surface area contributed by atoms with Gasteiger partial charge in [-0.2, -0.15) is 5.10 Å². The lowest BCUT2D eigenvalue weighted by atomic mass is 10.1. The van der Waals surface area contributed by atoms with Crippen LogP contribution in [0.25, 0.3) is 56.1 Å². The minimum Gasteiger partial charge on any atom is -0.492 e. The molecule has 0 radical (unpaired) electrons. The predicted octanol–water partition coefficient (Wildman–Crippen LogP) is 4.35. The monoisotopic (exact) mass is 511 g/mol. The van der Waals surface area contributed by atoms with E-state index in [-0.39, 0.29) is 5.82 Å². The van der Waals surface area contributed by atoms with E-state index < -0.39 is 0 Å². The van der Waals surface area contributed by atoms with Gasteiger partial charge in [0, 0.05) is 36.8 Å². The maximum absolute atomic E-state index is 14.5. The van der Waals surface area contributed by atoms with Crippen LogP contribution in [0.1, 0.15) is 5.82 Å². The molecule has 0 atom stereocenters. The largest absolute Gasteiger partial charge is 0.492 e. The zero-order valence-electron chi connectivity index (χ0n) is 21.4. The van der Waals surface area contributed by atoms with Crippen LogP contribution in [-0.4, -0.2) is 71.8 Å². The van der Waals surface area contributed by atoms with Crippen molar-refractivity contribution in [3.05, 3.63) is 60.6 Å². The molecular weight excluding hydrogens is 485 g/mol. The lowest BCUT2D eigenvalue weighted by Gasteiger charge is -2.12. The molecule has 5 heterocycles. The number of rotatable bonds is 7. The number of hydrogen-bond donors (Lipinski definition) is 2. The van der Waals surface area contributed by atoms with E-state index in [9.17, 15) is 4.39 Å². The van der Waals surface area contributed by atoms with Crippen molar-refractivity contribution in [2.45, 2.75) is 6.92 Å². The van der Waals surface area contributed by atoms with Crippen molar-refractivity contribution in [3.8, 4) is 39.8 Å². The second-order valence-electron chi connectivity index (χ2n) is 9.41. The minimum absolute atomic E-state index is 0.383. The van der Waals surface area contributed by atoms with Gasteiger partial charge in [0.25, 0.3) is 0 Å². The zero-order chi connectivity index (χ0) is 26.4. The highest BCUT2D eigenvalue weighted by Crippen LogP contribution is 2.33. The van der Waals surface area contributed by atoms with Crippen molar-refractivity contribution in [2.75, 3.05) is 27.2 Å². The Bertz CT molecular complexity index is 1780. The number of imidazole rings is 2. The molecule has 0 aliphatic rings. The van der Waals surface area contributed by atoms with E-state index in [0.29, 0.717) is 40.6 Å². The molecule has 6 aromatic rings. The summed E-state index contributed by atoms with van der Waals surface area (Å²) < 4.78 is 22.3. The molecule has 192 valence electrons. The maximum Gasteiger partial charge on any atom is 0.160 e. The molecule has 0 bridgehead atoms. The summed E-state index contributed by atoms with van der Waals surface area (Å²) in [5, 5.41) is 8.40. The zero-order valence-corrected chi connectivity index (χ0v) is 21.4. The van der Waals surface area contributed by atoms with E-state index >= 15 is 0 Å². The molecule has 0 aliphatic heterocycles. The number of hydrogen-bond acceptors (Lipinski definition) is 7. The number of H-pyrrole nitrogens is 2. The van der Waals surface area contributed by atoms with Gasteiger partial charge >= 0.3 is 0 Å². The van der Waals surface area contributed by atoms with Gasteiger partial charge in [0.15, 0.2) is 11.5 Å². The number of halogens is 1. The van der Waals surface area contributed by atoms with Crippen LogP contribution in [-0.2, 0) is 7.05 Å². The number of likely N-dealkylation sites (N-methyl/N-ethyl adjacent to an activating group) is 1. The number of aryl methyl sites for hydroxylation is 1. The second kappa shape index (κ2) is 9.34. The van der Waals surface area contributed by atoms with Gasteiger partial charge in [-0.3, -0.25) is 10.1 Å². The highest BCUT2D eigenvalue weighted by molar-refractivity contribution is 5.96. The van der Waals surface area contributed by atoms with E-state index in [1.54, 1.807) is 18.6 Å². The topological polar surface area (TPSA) is 113 Å². The fourth-order valence-corrected chi connectivity index (χ4v) is 4.38. The van der Waals surface area contributed by atoms with Crippen molar-refractivity contribution in [1.29, 1.82) is 0 Å². The smallest absolute Gasteiger partial charge is 0.160 e. The summed E-state index contributed by atoms with van der Waals surface area (Å²) in [5.74, 6) is 1.52. The molecule has 1 aromatic carbocycles. The highest BCUT2D eigenvalue weighted by atomic mass is 19.1. The molecule has 0 unspecified atom stereocenters. The van der Waals surface area contributed by atoms with Gasteiger partial charge in [0.1, 0.15) is 35.2 Å². The molecule has 2 N–H and O–H groups in total. The van der Waals surface area contributed by atoms with Gasteiger partial charge in [0.2, 0.25) is 0 Å². The normalized spacial score (nSPS) is 11.7. The lowest BCUT2D eigenvalue weighted by molar-refractivity contribution is 0.260. The molecule has 11 heteroatoms. The SMILES string of the molecule is Cc1ncc(-c2cc3c(-c4nc5c(-c6cc(F)cc(OCCN(C)C)c6)ccnc5[nH]4)n[nH]c3cn2)n1C. The molecule has 0 amide bonds. The molecule has 10 nitrogen and oxygen atoms in total. The first-order valence-electron chi connectivity index (χ1n) is 12.1. The molecule has 6 rings (SSSR count). The first-order chi connectivity index (χ1) is 18.4. The van der Waals surface area contributed by atoms with E-state index in [1.807, 2.05) is 55.7 Å². The third kappa shape index (κ3) is 4.26. The Morgan fingerprint density at radius 1 is 1.08 bits per heavy atom. The second-order valence-corrected chi connectivity index (χ2v) is 9.41. The van der Waals surface area contributed by atoms with Gasteiger partial charge < -0.3 is 19.2 Å². The number of nitrogens with one attached hydrogen (secondary N) is 2. The Kier molecular flexibility index (Phi) is 5.84. The van der Waals surface area contributed by atoms with Gasteiger partial charge in [-0.05, 0) is 50.8 Å². The summed E-state index contributed by atoms with van der Waals surface area (Å²) in [6.45, 7) is 3.13. The lowest BCUT2D eigenvalue weighted by Crippen LogP contribution is -2.19. The van der Waals surface area contributed by atoms with Crippen molar-refractivity contribution >= 4 is 22.1 Å². The molecule has 5 aromatic heterocycles. The summed E-state index contributed by atoms with van der Waals surface area (Å²) in [6.07, 6.45) is 5.23. The summed E-state index contributed by atoms with van der Waals surface area (Å²) >= 11 is 0. The molecule has 0 saturated carbocycles. The van der Waals surface area contributed by atoms with Crippen LogP contribution in [0.5, 0.6) is 5.75 Å².